The Morgan fingerprint density at radius 3 is 2.21 bits per heavy atom. The molecule has 4 N–H and O–H groups in total. The molecule has 8 heteroatoms. The maximum Gasteiger partial charge on any atom is 0.268 e. The van der Waals surface area contributed by atoms with Crippen LogP contribution in [-0.2, 0) is 16.5 Å². The van der Waals surface area contributed by atoms with Crippen LogP contribution in [0.1, 0.15) is 47.4 Å². The second kappa shape index (κ2) is 13.1. The maximum absolute atomic E-state index is 12.1. The second-order valence-corrected chi connectivity index (χ2v) is 11.9. The van der Waals surface area contributed by atoms with Crippen molar-refractivity contribution in [2.45, 2.75) is 36.7 Å². The van der Waals surface area contributed by atoms with E-state index in [0.29, 0.717) is 17.7 Å². The number of hydrogen-bond acceptors (Lipinski definition) is 5. The number of hydrogen-bond donors (Lipinski definition) is 4. The number of phenolic OH excluding ortho intramolecular Hbond substituents is 1. The zero-order chi connectivity index (χ0) is 29.5. The van der Waals surface area contributed by atoms with Crippen LogP contribution in [0.4, 0.5) is 0 Å². The predicted molar refractivity (Wildman–Crippen MR) is 164 cm³/mol. The fraction of sp³-hybridized carbons (Fsp3) is 0.176. The fourth-order valence-corrected chi connectivity index (χ4v) is 5.67. The first-order valence-corrected chi connectivity index (χ1v) is 15.2. The normalized spacial score (nSPS) is 14.1. The molecule has 5 aromatic rings. The monoisotopic (exact) mass is 583 g/mol. The lowest BCUT2D eigenvalue weighted by Crippen LogP contribution is -2.20. The van der Waals surface area contributed by atoms with Gasteiger partial charge in [-0.1, -0.05) is 84.9 Å². The van der Waals surface area contributed by atoms with Crippen molar-refractivity contribution in [2.75, 3.05) is 0 Å². The Labute approximate surface area is 245 Å². The minimum Gasteiger partial charge on any atom is -0.508 e. The van der Waals surface area contributed by atoms with Crippen LogP contribution in [0, 0.1) is 0 Å². The van der Waals surface area contributed by atoms with E-state index in [-0.39, 0.29) is 24.7 Å². The smallest absolute Gasteiger partial charge is 0.268 e. The standard InChI is InChI=1S/C34H33NO6S/c36-28-18-16-25(17-19-28)33(37)12-6-10-30(42(38,39)40)22-15-24-13-20-29(21-14-24)41-34(26-7-2-1-3-8-26)32-23-27-9-4-5-11-31(27)35-32/h1-9,11-14,16-21,23,30,33-37H,10,15,22H2,(H,38,39,40). The zero-order valence-electron chi connectivity index (χ0n) is 22.9. The molecule has 0 bridgehead atoms. The van der Waals surface area contributed by atoms with Crippen LogP contribution in [0.3, 0.4) is 0 Å². The summed E-state index contributed by atoms with van der Waals surface area (Å²) in [6, 6.07) is 33.8. The number of rotatable bonds is 12. The molecule has 0 amide bonds. The first-order valence-electron chi connectivity index (χ1n) is 13.7. The van der Waals surface area contributed by atoms with Crippen LogP contribution in [0.2, 0.25) is 0 Å². The third-order valence-corrected chi connectivity index (χ3v) is 8.51. The molecule has 3 atom stereocenters. The van der Waals surface area contributed by atoms with Crippen LogP contribution >= 0.6 is 0 Å². The fourth-order valence-electron chi connectivity index (χ4n) is 4.90. The van der Waals surface area contributed by atoms with Crippen molar-refractivity contribution in [1.82, 2.24) is 4.98 Å². The molecule has 216 valence electrons. The molecular weight excluding hydrogens is 550 g/mol. The molecule has 0 radical (unpaired) electrons. The van der Waals surface area contributed by atoms with Crippen molar-refractivity contribution >= 4 is 21.0 Å². The van der Waals surface area contributed by atoms with Crippen LogP contribution < -0.4 is 4.74 Å². The minimum absolute atomic E-state index is 0.0540. The van der Waals surface area contributed by atoms with Crippen molar-refractivity contribution in [3.05, 3.63) is 144 Å². The van der Waals surface area contributed by atoms with E-state index in [4.69, 9.17) is 4.74 Å². The summed E-state index contributed by atoms with van der Waals surface area (Å²) in [5.41, 5.74) is 4.45. The average Bonchev–Trinajstić information content (AvgIpc) is 3.42. The number of aliphatic hydroxyl groups excluding tert-OH is 1. The topological polar surface area (TPSA) is 120 Å². The van der Waals surface area contributed by atoms with E-state index in [1.54, 1.807) is 18.2 Å². The lowest BCUT2D eigenvalue weighted by Gasteiger charge is -2.19. The van der Waals surface area contributed by atoms with Gasteiger partial charge in [-0.2, -0.15) is 8.42 Å². The molecule has 5 rings (SSSR count). The minimum atomic E-state index is -4.29. The molecule has 0 saturated heterocycles. The first-order chi connectivity index (χ1) is 20.3. The van der Waals surface area contributed by atoms with E-state index in [2.05, 4.69) is 17.1 Å². The Hall–Kier alpha value is -4.37. The molecule has 0 spiro atoms. The molecule has 0 aliphatic heterocycles. The largest absolute Gasteiger partial charge is 0.508 e. The molecule has 42 heavy (non-hydrogen) atoms. The number of aryl methyl sites for hydroxylation is 1. The molecule has 0 fully saturated rings. The van der Waals surface area contributed by atoms with Gasteiger partial charge in [-0.3, -0.25) is 4.55 Å². The molecule has 3 unspecified atom stereocenters. The third kappa shape index (κ3) is 7.47. The highest BCUT2D eigenvalue weighted by Crippen LogP contribution is 2.31. The number of allylic oxidation sites excluding steroid dienone is 1. The number of aromatic amines is 1. The molecule has 0 saturated carbocycles. The SMILES string of the molecule is O=S(=O)(O)C(CC=CC(O)c1ccc(O)cc1)CCc1ccc(OC(c2ccccc2)c2cc3ccccc3[nH]2)cc1. The van der Waals surface area contributed by atoms with Gasteiger partial charge in [-0.25, -0.2) is 0 Å². The number of nitrogens with one attached hydrogen (secondary N) is 1. The Morgan fingerprint density at radius 1 is 0.833 bits per heavy atom. The zero-order valence-corrected chi connectivity index (χ0v) is 23.7. The Morgan fingerprint density at radius 2 is 1.52 bits per heavy atom. The first kappa shape index (κ1) is 29.1. The van der Waals surface area contributed by atoms with Crippen molar-refractivity contribution in [1.29, 1.82) is 0 Å². The maximum atomic E-state index is 12.1. The summed E-state index contributed by atoms with van der Waals surface area (Å²) in [5, 5.41) is 19.8. The number of benzene rings is 4. The summed E-state index contributed by atoms with van der Waals surface area (Å²) >= 11 is 0. The van der Waals surface area contributed by atoms with Gasteiger partial charge in [0.25, 0.3) is 10.1 Å². The van der Waals surface area contributed by atoms with Gasteiger partial charge in [0.15, 0.2) is 6.10 Å². The summed E-state index contributed by atoms with van der Waals surface area (Å²) < 4.78 is 40.4. The molecule has 4 aromatic carbocycles. The molecular formula is C34H33NO6S. The number of para-hydroxylation sites is 1. The van der Waals surface area contributed by atoms with Gasteiger partial charge in [0.05, 0.1) is 17.0 Å². The number of H-pyrrole nitrogens is 1. The summed E-state index contributed by atoms with van der Waals surface area (Å²) in [6.45, 7) is 0. The summed E-state index contributed by atoms with van der Waals surface area (Å²) in [7, 11) is -4.29. The number of phenols is 1. The van der Waals surface area contributed by atoms with Gasteiger partial charge in [0.2, 0.25) is 0 Å². The van der Waals surface area contributed by atoms with Crippen LogP contribution in [-0.4, -0.2) is 33.4 Å². The summed E-state index contributed by atoms with van der Waals surface area (Å²) in [6.07, 6.45) is 2.43. The van der Waals surface area contributed by atoms with E-state index in [1.807, 2.05) is 72.8 Å². The highest BCUT2D eigenvalue weighted by Gasteiger charge is 2.22. The molecule has 0 aliphatic rings. The van der Waals surface area contributed by atoms with Crippen LogP contribution in [0.15, 0.2) is 121 Å². The molecule has 0 aliphatic carbocycles. The van der Waals surface area contributed by atoms with E-state index < -0.39 is 21.5 Å². The quantitative estimate of drug-likeness (QED) is 0.0936. The van der Waals surface area contributed by atoms with Gasteiger partial charge >= 0.3 is 0 Å². The van der Waals surface area contributed by atoms with Gasteiger partial charge in [-0.05, 0) is 77.7 Å². The highest BCUT2D eigenvalue weighted by atomic mass is 32.2. The van der Waals surface area contributed by atoms with Crippen molar-refractivity contribution < 1.29 is 27.9 Å². The molecule has 1 heterocycles. The molecule has 1 aromatic heterocycles. The average molecular weight is 584 g/mol. The van der Waals surface area contributed by atoms with Gasteiger partial charge in [0, 0.05) is 5.52 Å². The number of ether oxygens (including phenoxy) is 1. The highest BCUT2D eigenvalue weighted by molar-refractivity contribution is 7.86. The number of aromatic hydroxyl groups is 1. The number of aliphatic hydroxyl groups is 1. The van der Waals surface area contributed by atoms with Crippen molar-refractivity contribution in [2.24, 2.45) is 0 Å². The van der Waals surface area contributed by atoms with E-state index in [9.17, 15) is 23.2 Å². The predicted octanol–water partition coefficient (Wildman–Crippen LogP) is 6.91. The van der Waals surface area contributed by atoms with Crippen LogP contribution in [0.5, 0.6) is 11.5 Å². The van der Waals surface area contributed by atoms with Gasteiger partial charge < -0.3 is 19.9 Å². The Balaban J connectivity index is 1.24. The molecule has 7 nitrogen and oxygen atoms in total. The summed E-state index contributed by atoms with van der Waals surface area (Å²) in [4.78, 5) is 3.47. The van der Waals surface area contributed by atoms with E-state index >= 15 is 0 Å². The van der Waals surface area contributed by atoms with Gasteiger partial charge in [-0.15, -0.1) is 0 Å². The third-order valence-electron chi connectivity index (χ3n) is 7.24. The number of fused-ring (bicyclic) bond motifs is 1. The van der Waals surface area contributed by atoms with Gasteiger partial charge in [0.1, 0.15) is 11.5 Å². The summed E-state index contributed by atoms with van der Waals surface area (Å²) in [5.74, 6) is 0.759. The Bertz CT molecular complexity index is 1700. The van der Waals surface area contributed by atoms with Crippen molar-refractivity contribution in [3.63, 3.8) is 0 Å². The number of aromatic nitrogens is 1. The van der Waals surface area contributed by atoms with Crippen molar-refractivity contribution in [3.8, 4) is 11.5 Å². The van der Waals surface area contributed by atoms with Crippen LogP contribution in [0.25, 0.3) is 10.9 Å². The Kier molecular flexibility index (Phi) is 9.07. The van der Waals surface area contributed by atoms with E-state index in [1.165, 1.54) is 18.2 Å². The lowest BCUT2D eigenvalue weighted by atomic mass is 10.0. The lowest BCUT2D eigenvalue weighted by molar-refractivity contribution is 0.228. The second-order valence-electron chi connectivity index (χ2n) is 10.2. The van der Waals surface area contributed by atoms with E-state index in [0.717, 1.165) is 27.7 Å².